The number of aromatic nitrogens is 2. The van der Waals surface area contributed by atoms with Crippen molar-refractivity contribution in [3.05, 3.63) is 58.6 Å². The fourth-order valence-corrected chi connectivity index (χ4v) is 4.37. The Morgan fingerprint density at radius 2 is 2.00 bits per heavy atom. The molecule has 0 spiro atoms. The Balaban J connectivity index is 1.40. The average Bonchev–Trinajstić information content (AvgIpc) is 3.49. The van der Waals surface area contributed by atoms with Gasteiger partial charge in [0.2, 0.25) is 17.7 Å². The van der Waals surface area contributed by atoms with Crippen LogP contribution in [0.15, 0.2) is 51.6 Å². The van der Waals surface area contributed by atoms with Crippen LogP contribution in [-0.2, 0) is 22.5 Å². The lowest BCUT2D eigenvalue weighted by Crippen LogP contribution is -2.48. The Kier molecular flexibility index (Phi) is 7.45. The molecule has 4 rings (SSSR count). The first-order valence-corrected chi connectivity index (χ1v) is 11.6. The summed E-state index contributed by atoms with van der Waals surface area (Å²) < 4.78 is 11.2. The standard InChI is InChI=1S/C23H28N4O3S/c1-18(15-26-10-12-29-13-11-26)27(16-19-5-3-2-4-6-19)22(28)8-7-21-24-25-23(30-21)20-9-14-31-17-20/h2-6,9,14,17-18H,7-8,10-13,15-16H2,1H3. The Morgan fingerprint density at radius 1 is 1.19 bits per heavy atom. The van der Waals surface area contributed by atoms with Crippen LogP contribution in [-0.4, -0.2) is 64.8 Å². The fraction of sp³-hybridized carbons (Fsp3) is 0.435. The molecule has 1 fully saturated rings. The number of hydrogen-bond donors (Lipinski definition) is 0. The van der Waals surface area contributed by atoms with E-state index in [1.165, 1.54) is 0 Å². The zero-order valence-corrected chi connectivity index (χ0v) is 18.6. The fourth-order valence-electron chi connectivity index (χ4n) is 3.74. The number of hydrogen-bond acceptors (Lipinski definition) is 7. The largest absolute Gasteiger partial charge is 0.421 e. The van der Waals surface area contributed by atoms with Crippen LogP contribution in [0.4, 0.5) is 0 Å². The number of aryl methyl sites for hydroxylation is 1. The van der Waals surface area contributed by atoms with E-state index in [4.69, 9.17) is 9.15 Å². The first-order chi connectivity index (χ1) is 15.2. The van der Waals surface area contributed by atoms with Gasteiger partial charge in [0.1, 0.15) is 0 Å². The van der Waals surface area contributed by atoms with Crippen LogP contribution in [0.1, 0.15) is 24.8 Å². The second-order valence-corrected chi connectivity index (χ2v) is 8.56. The number of benzene rings is 1. The lowest BCUT2D eigenvalue weighted by atomic mass is 10.1. The summed E-state index contributed by atoms with van der Waals surface area (Å²) in [5, 5.41) is 12.2. The lowest BCUT2D eigenvalue weighted by molar-refractivity contribution is -0.134. The molecule has 7 nitrogen and oxygen atoms in total. The number of morpholine rings is 1. The van der Waals surface area contributed by atoms with Gasteiger partial charge in [-0.25, -0.2) is 0 Å². The van der Waals surface area contributed by atoms with Gasteiger partial charge in [-0.15, -0.1) is 10.2 Å². The highest BCUT2D eigenvalue weighted by Crippen LogP contribution is 2.21. The lowest BCUT2D eigenvalue weighted by Gasteiger charge is -2.35. The molecular formula is C23H28N4O3S. The van der Waals surface area contributed by atoms with Crippen LogP contribution >= 0.6 is 11.3 Å². The summed E-state index contributed by atoms with van der Waals surface area (Å²) in [4.78, 5) is 17.6. The van der Waals surface area contributed by atoms with Crippen molar-refractivity contribution in [3.8, 4) is 11.5 Å². The summed E-state index contributed by atoms with van der Waals surface area (Å²) in [6.45, 7) is 6.87. The van der Waals surface area contributed by atoms with Gasteiger partial charge in [-0.1, -0.05) is 30.3 Å². The zero-order valence-electron chi connectivity index (χ0n) is 17.8. The van der Waals surface area contributed by atoms with Crippen LogP contribution in [0.5, 0.6) is 0 Å². The minimum absolute atomic E-state index is 0.0925. The van der Waals surface area contributed by atoms with Gasteiger partial charge in [0, 0.05) is 56.0 Å². The second kappa shape index (κ2) is 10.7. The van der Waals surface area contributed by atoms with Gasteiger partial charge in [-0.05, 0) is 23.9 Å². The maximum atomic E-state index is 13.2. The molecule has 1 aromatic carbocycles. The van der Waals surface area contributed by atoms with Gasteiger partial charge < -0.3 is 14.1 Å². The van der Waals surface area contributed by atoms with Gasteiger partial charge in [-0.2, -0.15) is 11.3 Å². The van der Waals surface area contributed by atoms with Crippen molar-refractivity contribution in [3.63, 3.8) is 0 Å². The van der Waals surface area contributed by atoms with E-state index in [0.29, 0.717) is 31.2 Å². The monoisotopic (exact) mass is 440 g/mol. The summed E-state index contributed by atoms with van der Waals surface area (Å²) in [6.07, 6.45) is 0.775. The molecule has 1 unspecified atom stereocenters. The summed E-state index contributed by atoms with van der Waals surface area (Å²) in [6, 6.07) is 12.2. The van der Waals surface area contributed by atoms with E-state index in [1.807, 2.05) is 39.9 Å². The molecule has 0 radical (unpaired) electrons. The molecule has 3 aromatic rings. The molecule has 164 valence electrons. The molecule has 31 heavy (non-hydrogen) atoms. The summed E-state index contributed by atoms with van der Waals surface area (Å²) >= 11 is 1.58. The molecule has 1 aliphatic rings. The molecule has 0 bridgehead atoms. The molecule has 0 N–H and O–H groups in total. The molecule has 8 heteroatoms. The van der Waals surface area contributed by atoms with Crippen LogP contribution in [0.25, 0.3) is 11.5 Å². The quantitative estimate of drug-likeness (QED) is 0.507. The number of amides is 1. The zero-order chi connectivity index (χ0) is 21.5. The van der Waals surface area contributed by atoms with Crippen molar-refractivity contribution in [2.24, 2.45) is 0 Å². The predicted molar refractivity (Wildman–Crippen MR) is 120 cm³/mol. The number of thiophene rings is 1. The number of carbonyl (C=O) groups excluding carboxylic acids is 1. The van der Waals surface area contributed by atoms with Gasteiger partial charge in [0.15, 0.2) is 0 Å². The SMILES string of the molecule is CC(CN1CCOCC1)N(Cc1ccccc1)C(=O)CCc1nnc(-c2ccsc2)o1. The van der Waals surface area contributed by atoms with Crippen LogP contribution in [0.2, 0.25) is 0 Å². The number of ether oxygens (including phenoxy) is 1. The number of rotatable bonds is 9. The van der Waals surface area contributed by atoms with Crippen molar-refractivity contribution >= 4 is 17.2 Å². The molecule has 1 atom stereocenters. The molecule has 2 aromatic heterocycles. The van der Waals surface area contributed by atoms with Gasteiger partial charge in [-0.3, -0.25) is 9.69 Å². The predicted octanol–water partition coefficient (Wildman–Crippen LogP) is 3.48. The second-order valence-electron chi connectivity index (χ2n) is 7.78. The van der Waals surface area contributed by atoms with E-state index in [-0.39, 0.29) is 11.9 Å². The highest BCUT2D eigenvalue weighted by atomic mass is 32.1. The minimum Gasteiger partial charge on any atom is -0.421 e. The van der Waals surface area contributed by atoms with E-state index in [0.717, 1.165) is 44.0 Å². The topological polar surface area (TPSA) is 71.7 Å². The van der Waals surface area contributed by atoms with Gasteiger partial charge in [0.25, 0.3) is 0 Å². The summed E-state index contributed by atoms with van der Waals surface area (Å²) in [7, 11) is 0. The maximum Gasteiger partial charge on any atom is 0.248 e. The first kappa shape index (κ1) is 21.7. The third kappa shape index (κ3) is 6.00. The smallest absolute Gasteiger partial charge is 0.248 e. The van der Waals surface area contributed by atoms with Crippen molar-refractivity contribution in [2.45, 2.75) is 32.4 Å². The van der Waals surface area contributed by atoms with E-state index in [2.05, 4.69) is 34.2 Å². The first-order valence-electron chi connectivity index (χ1n) is 10.7. The Labute approximate surface area is 186 Å². The molecule has 1 amide bonds. The molecule has 1 aliphatic heterocycles. The highest BCUT2D eigenvalue weighted by Gasteiger charge is 2.24. The number of nitrogens with zero attached hydrogens (tertiary/aromatic N) is 4. The van der Waals surface area contributed by atoms with Gasteiger partial charge >= 0.3 is 0 Å². The van der Waals surface area contributed by atoms with Crippen molar-refractivity contribution in [2.75, 3.05) is 32.8 Å². The summed E-state index contributed by atoms with van der Waals surface area (Å²) in [5.41, 5.74) is 2.04. The van der Waals surface area contributed by atoms with E-state index in [1.54, 1.807) is 11.3 Å². The van der Waals surface area contributed by atoms with Crippen molar-refractivity contribution in [1.29, 1.82) is 0 Å². The Bertz CT molecular complexity index is 939. The van der Waals surface area contributed by atoms with Crippen molar-refractivity contribution in [1.82, 2.24) is 20.0 Å². The average molecular weight is 441 g/mol. The summed E-state index contributed by atoms with van der Waals surface area (Å²) in [5.74, 6) is 1.10. The maximum absolute atomic E-state index is 13.2. The highest BCUT2D eigenvalue weighted by molar-refractivity contribution is 7.08. The normalized spacial score (nSPS) is 15.6. The van der Waals surface area contributed by atoms with Crippen LogP contribution in [0.3, 0.4) is 0 Å². The molecule has 3 heterocycles. The van der Waals surface area contributed by atoms with Crippen molar-refractivity contribution < 1.29 is 13.9 Å². The third-order valence-electron chi connectivity index (χ3n) is 5.46. The van der Waals surface area contributed by atoms with Crippen LogP contribution < -0.4 is 0 Å². The van der Waals surface area contributed by atoms with Gasteiger partial charge in [0.05, 0.1) is 13.2 Å². The third-order valence-corrected chi connectivity index (χ3v) is 6.15. The molecular weight excluding hydrogens is 412 g/mol. The molecule has 0 aliphatic carbocycles. The number of carbonyl (C=O) groups is 1. The minimum atomic E-state index is 0.0925. The Hall–Kier alpha value is -2.55. The molecule has 0 saturated carbocycles. The Morgan fingerprint density at radius 3 is 2.74 bits per heavy atom. The van der Waals surface area contributed by atoms with E-state index < -0.39 is 0 Å². The van der Waals surface area contributed by atoms with E-state index in [9.17, 15) is 4.79 Å². The van der Waals surface area contributed by atoms with Crippen LogP contribution in [0, 0.1) is 0 Å². The van der Waals surface area contributed by atoms with E-state index >= 15 is 0 Å². The molecule has 1 saturated heterocycles.